The highest BCUT2D eigenvalue weighted by Crippen LogP contribution is 2.08. The molecule has 0 amide bonds. The lowest BCUT2D eigenvalue weighted by Gasteiger charge is -2.16. The van der Waals surface area contributed by atoms with Crippen molar-refractivity contribution in [2.45, 2.75) is 18.9 Å². The van der Waals surface area contributed by atoms with Gasteiger partial charge in [0, 0.05) is 26.0 Å². The van der Waals surface area contributed by atoms with Crippen LogP contribution >= 0.6 is 0 Å². The number of aromatic nitrogens is 1. The number of anilines is 1. The van der Waals surface area contributed by atoms with E-state index in [9.17, 15) is 0 Å². The third-order valence-electron chi connectivity index (χ3n) is 2.78. The van der Waals surface area contributed by atoms with Crippen LogP contribution in [0.5, 0.6) is 0 Å². The van der Waals surface area contributed by atoms with Crippen LogP contribution in [0.15, 0.2) is 18.3 Å². The third kappa shape index (κ3) is 5.95. The van der Waals surface area contributed by atoms with E-state index < -0.39 is 0 Å². The predicted octanol–water partition coefficient (Wildman–Crippen LogP) is 0.847. The number of ether oxygens (including phenoxy) is 2. The van der Waals surface area contributed by atoms with Crippen molar-refractivity contribution in [3.05, 3.63) is 23.9 Å². The average molecular weight is 253 g/mol. The van der Waals surface area contributed by atoms with Gasteiger partial charge in [-0.05, 0) is 37.6 Å². The van der Waals surface area contributed by atoms with Crippen molar-refractivity contribution in [2.24, 2.45) is 0 Å². The minimum Gasteiger partial charge on any atom is -0.384 e. The average Bonchev–Trinajstić information content (AvgIpc) is 2.37. The van der Waals surface area contributed by atoms with E-state index in [4.69, 9.17) is 15.2 Å². The zero-order valence-electron chi connectivity index (χ0n) is 11.2. The maximum absolute atomic E-state index is 5.66. The summed E-state index contributed by atoms with van der Waals surface area (Å²) in [5.41, 5.74) is 6.85. The summed E-state index contributed by atoms with van der Waals surface area (Å²) in [6, 6.07) is 4.29. The van der Waals surface area contributed by atoms with Crippen molar-refractivity contribution in [2.75, 3.05) is 39.7 Å². The number of nitrogens with one attached hydrogen (secondary N) is 1. The van der Waals surface area contributed by atoms with Gasteiger partial charge in [-0.2, -0.15) is 0 Å². The van der Waals surface area contributed by atoms with Gasteiger partial charge in [-0.3, -0.25) is 0 Å². The van der Waals surface area contributed by atoms with E-state index in [-0.39, 0.29) is 0 Å². The summed E-state index contributed by atoms with van der Waals surface area (Å²) in [5.74, 6) is 0.568. The van der Waals surface area contributed by atoms with Crippen LogP contribution in [0.25, 0.3) is 0 Å². The lowest BCUT2D eigenvalue weighted by molar-refractivity contribution is 0.0661. The van der Waals surface area contributed by atoms with E-state index in [1.54, 1.807) is 13.3 Å². The highest BCUT2D eigenvalue weighted by molar-refractivity contribution is 5.32. The Morgan fingerprint density at radius 1 is 1.39 bits per heavy atom. The molecule has 0 saturated heterocycles. The standard InChI is InChI=1S/C13H23N3O2/c1-15-12(4-6-18-8-7-17-2)9-11-3-5-16-13(14)10-11/h3,5,10,12,15H,4,6-9H2,1-2H3,(H2,14,16). The van der Waals surface area contributed by atoms with Crippen LogP contribution in [0.2, 0.25) is 0 Å². The Balaban J connectivity index is 2.28. The highest BCUT2D eigenvalue weighted by Gasteiger charge is 2.07. The zero-order valence-corrected chi connectivity index (χ0v) is 11.2. The van der Waals surface area contributed by atoms with Gasteiger partial charge in [-0.25, -0.2) is 4.98 Å². The number of methoxy groups -OCH3 is 1. The van der Waals surface area contributed by atoms with Gasteiger partial charge < -0.3 is 20.5 Å². The second-order valence-electron chi connectivity index (χ2n) is 4.17. The molecule has 0 radical (unpaired) electrons. The van der Waals surface area contributed by atoms with E-state index in [0.29, 0.717) is 25.1 Å². The number of rotatable bonds is 9. The number of nitrogen functional groups attached to an aromatic ring is 1. The summed E-state index contributed by atoms with van der Waals surface area (Å²) < 4.78 is 10.4. The molecule has 1 aromatic heterocycles. The molecule has 3 N–H and O–H groups in total. The molecule has 1 heterocycles. The number of nitrogens with two attached hydrogens (primary N) is 1. The Morgan fingerprint density at radius 3 is 2.89 bits per heavy atom. The maximum atomic E-state index is 5.66. The molecule has 0 bridgehead atoms. The van der Waals surface area contributed by atoms with Crippen molar-refractivity contribution in [1.82, 2.24) is 10.3 Å². The number of likely N-dealkylation sites (N-methyl/N-ethyl adjacent to an activating group) is 1. The SMILES string of the molecule is CNC(CCOCCOC)Cc1ccnc(N)c1. The molecular formula is C13H23N3O2. The fourth-order valence-electron chi connectivity index (χ4n) is 1.72. The minimum absolute atomic E-state index is 0.384. The maximum Gasteiger partial charge on any atom is 0.123 e. The Morgan fingerprint density at radius 2 is 2.22 bits per heavy atom. The quantitative estimate of drug-likeness (QED) is 0.638. The first-order chi connectivity index (χ1) is 8.76. The molecule has 102 valence electrons. The lowest BCUT2D eigenvalue weighted by atomic mass is 10.0. The molecule has 5 nitrogen and oxygen atoms in total. The van der Waals surface area contributed by atoms with Gasteiger partial charge in [0.2, 0.25) is 0 Å². The van der Waals surface area contributed by atoms with Crippen LogP contribution in [-0.4, -0.2) is 45.0 Å². The van der Waals surface area contributed by atoms with Crippen LogP contribution in [-0.2, 0) is 15.9 Å². The zero-order chi connectivity index (χ0) is 13.2. The lowest BCUT2D eigenvalue weighted by Crippen LogP contribution is -2.29. The van der Waals surface area contributed by atoms with Gasteiger partial charge in [0.05, 0.1) is 13.2 Å². The Hall–Kier alpha value is -1.17. The number of pyridine rings is 1. The molecule has 5 heteroatoms. The van der Waals surface area contributed by atoms with Crippen LogP contribution in [0.1, 0.15) is 12.0 Å². The molecule has 1 rings (SSSR count). The monoisotopic (exact) mass is 253 g/mol. The largest absolute Gasteiger partial charge is 0.384 e. The summed E-state index contributed by atoms with van der Waals surface area (Å²) in [4.78, 5) is 3.99. The fraction of sp³-hybridized carbons (Fsp3) is 0.615. The second kappa shape index (κ2) is 8.85. The van der Waals surface area contributed by atoms with E-state index in [2.05, 4.69) is 10.3 Å². The minimum atomic E-state index is 0.384. The van der Waals surface area contributed by atoms with Crippen LogP contribution in [0, 0.1) is 0 Å². The summed E-state index contributed by atoms with van der Waals surface area (Å²) in [6.07, 6.45) is 3.63. The molecule has 1 aromatic rings. The molecule has 0 aromatic carbocycles. The Labute approximate surface area is 109 Å². The molecule has 0 aliphatic heterocycles. The molecule has 1 unspecified atom stereocenters. The normalized spacial score (nSPS) is 12.6. The molecular weight excluding hydrogens is 230 g/mol. The molecule has 0 fully saturated rings. The Kier molecular flexibility index (Phi) is 7.32. The number of hydrogen-bond donors (Lipinski definition) is 2. The first-order valence-electron chi connectivity index (χ1n) is 6.20. The van der Waals surface area contributed by atoms with Crippen molar-refractivity contribution in [1.29, 1.82) is 0 Å². The number of hydrogen-bond acceptors (Lipinski definition) is 5. The first kappa shape index (κ1) is 14.9. The predicted molar refractivity (Wildman–Crippen MR) is 72.5 cm³/mol. The molecule has 0 aliphatic carbocycles. The molecule has 18 heavy (non-hydrogen) atoms. The molecule has 1 atom stereocenters. The summed E-state index contributed by atoms with van der Waals surface area (Å²) in [5, 5.41) is 3.29. The van der Waals surface area contributed by atoms with Crippen molar-refractivity contribution in [3.8, 4) is 0 Å². The van der Waals surface area contributed by atoms with E-state index in [1.165, 1.54) is 5.56 Å². The highest BCUT2D eigenvalue weighted by atomic mass is 16.5. The summed E-state index contributed by atoms with van der Waals surface area (Å²) in [6.45, 7) is 2.02. The summed E-state index contributed by atoms with van der Waals surface area (Å²) in [7, 11) is 3.64. The second-order valence-corrected chi connectivity index (χ2v) is 4.17. The van der Waals surface area contributed by atoms with Crippen molar-refractivity contribution >= 4 is 5.82 Å². The van der Waals surface area contributed by atoms with Crippen LogP contribution < -0.4 is 11.1 Å². The molecule has 0 aliphatic rings. The fourth-order valence-corrected chi connectivity index (χ4v) is 1.72. The topological polar surface area (TPSA) is 69.4 Å². The van der Waals surface area contributed by atoms with Crippen LogP contribution in [0.3, 0.4) is 0 Å². The van der Waals surface area contributed by atoms with E-state index in [0.717, 1.165) is 19.4 Å². The third-order valence-corrected chi connectivity index (χ3v) is 2.78. The van der Waals surface area contributed by atoms with Crippen molar-refractivity contribution in [3.63, 3.8) is 0 Å². The van der Waals surface area contributed by atoms with E-state index >= 15 is 0 Å². The van der Waals surface area contributed by atoms with Crippen LogP contribution in [0.4, 0.5) is 5.82 Å². The van der Waals surface area contributed by atoms with Gasteiger partial charge in [0.1, 0.15) is 5.82 Å². The number of nitrogens with zero attached hydrogens (tertiary/aromatic N) is 1. The van der Waals surface area contributed by atoms with Gasteiger partial charge in [-0.1, -0.05) is 0 Å². The molecule has 0 saturated carbocycles. The smallest absolute Gasteiger partial charge is 0.123 e. The van der Waals surface area contributed by atoms with E-state index in [1.807, 2.05) is 19.2 Å². The van der Waals surface area contributed by atoms with Gasteiger partial charge in [0.25, 0.3) is 0 Å². The van der Waals surface area contributed by atoms with Gasteiger partial charge >= 0.3 is 0 Å². The first-order valence-corrected chi connectivity index (χ1v) is 6.20. The van der Waals surface area contributed by atoms with Crippen molar-refractivity contribution < 1.29 is 9.47 Å². The summed E-state index contributed by atoms with van der Waals surface area (Å²) >= 11 is 0. The molecule has 0 spiro atoms. The van der Waals surface area contributed by atoms with Gasteiger partial charge in [-0.15, -0.1) is 0 Å². The van der Waals surface area contributed by atoms with Gasteiger partial charge in [0.15, 0.2) is 0 Å². The Bertz CT molecular complexity index is 334.